The lowest BCUT2D eigenvalue weighted by atomic mass is 9.99. The molecule has 13 heavy (non-hydrogen) atoms. The second-order valence-corrected chi connectivity index (χ2v) is 2.93. The lowest BCUT2D eigenvalue weighted by Gasteiger charge is -2.39. The molecule has 4 N–H and O–H groups in total. The highest BCUT2D eigenvalue weighted by Gasteiger charge is 2.43. The molecule has 5 atom stereocenters. The maximum atomic E-state index is 9.44. The number of hydrogen-bond acceptors (Lipinski definition) is 6. The molecule has 1 aliphatic heterocycles. The third kappa shape index (κ3) is 1.98. The van der Waals surface area contributed by atoms with Crippen LogP contribution in [0.5, 0.6) is 0 Å². The van der Waals surface area contributed by atoms with E-state index < -0.39 is 37.3 Å². The largest absolute Gasteiger partial charge is 0.394 e. The predicted molar refractivity (Wildman–Crippen MR) is 40.8 cm³/mol. The van der Waals surface area contributed by atoms with Crippen molar-refractivity contribution in [1.29, 1.82) is 0 Å². The normalized spacial score (nSPS) is 46.4. The third-order valence-corrected chi connectivity index (χ3v) is 2.11. The van der Waals surface area contributed by atoms with Crippen molar-refractivity contribution in [3.8, 4) is 0 Å². The van der Waals surface area contributed by atoms with Gasteiger partial charge in [-0.3, -0.25) is 0 Å². The number of aliphatic hydroxyl groups is 4. The minimum Gasteiger partial charge on any atom is -0.394 e. The zero-order chi connectivity index (χ0) is 10.0. The molecule has 0 aliphatic carbocycles. The summed E-state index contributed by atoms with van der Waals surface area (Å²) in [6, 6.07) is 0. The fourth-order valence-electron chi connectivity index (χ4n) is 1.35. The summed E-state index contributed by atoms with van der Waals surface area (Å²) in [7, 11) is 1.30. The highest BCUT2D eigenvalue weighted by Crippen LogP contribution is 2.21. The summed E-state index contributed by atoms with van der Waals surface area (Å²) < 4.78 is 9.48. The Morgan fingerprint density at radius 2 is 1.85 bits per heavy atom. The van der Waals surface area contributed by atoms with Crippen LogP contribution < -0.4 is 0 Å². The molecule has 0 aromatic carbocycles. The minimum absolute atomic E-state index is 0.440. The van der Waals surface area contributed by atoms with Crippen LogP contribution in [0.15, 0.2) is 0 Å². The fourth-order valence-corrected chi connectivity index (χ4v) is 1.35. The van der Waals surface area contributed by atoms with Gasteiger partial charge in [-0.1, -0.05) is 0 Å². The first-order valence-corrected chi connectivity index (χ1v) is 3.95. The zero-order valence-corrected chi connectivity index (χ0v) is 7.20. The van der Waals surface area contributed by atoms with Crippen LogP contribution in [0.2, 0.25) is 0 Å². The van der Waals surface area contributed by atoms with E-state index in [4.69, 9.17) is 19.7 Å². The first kappa shape index (κ1) is 10.8. The zero-order valence-electron chi connectivity index (χ0n) is 7.20. The van der Waals surface area contributed by atoms with Crippen LogP contribution in [-0.4, -0.2) is 64.8 Å². The van der Waals surface area contributed by atoms with Gasteiger partial charge >= 0.3 is 0 Å². The first-order chi connectivity index (χ1) is 6.11. The van der Waals surface area contributed by atoms with Gasteiger partial charge in [0.15, 0.2) is 6.29 Å². The van der Waals surface area contributed by atoms with Gasteiger partial charge < -0.3 is 29.9 Å². The molecule has 1 rings (SSSR count). The van der Waals surface area contributed by atoms with E-state index in [1.54, 1.807) is 0 Å². The van der Waals surface area contributed by atoms with Gasteiger partial charge in [0, 0.05) is 7.11 Å². The number of ether oxygens (including phenoxy) is 2. The minimum atomic E-state index is -1.44. The van der Waals surface area contributed by atoms with Crippen molar-refractivity contribution >= 4 is 0 Å². The van der Waals surface area contributed by atoms with Gasteiger partial charge in [0.1, 0.15) is 24.4 Å². The summed E-state index contributed by atoms with van der Waals surface area (Å²) in [5.41, 5.74) is 0. The Morgan fingerprint density at radius 1 is 1.23 bits per heavy atom. The van der Waals surface area contributed by atoms with Crippen LogP contribution >= 0.6 is 0 Å². The van der Waals surface area contributed by atoms with E-state index in [9.17, 15) is 10.2 Å². The number of rotatable bonds is 2. The lowest BCUT2D eigenvalue weighted by Crippen LogP contribution is -2.59. The van der Waals surface area contributed by atoms with Crippen LogP contribution in [-0.2, 0) is 9.47 Å². The van der Waals surface area contributed by atoms with Gasteiger partial charge in [-0.2, -0.15) is 0 Å². The van der Waals surface area contributed by atoms with Crippen LogP contribution in [0.1, 0.15) is 0 Å². The molecule has 0 amide bonds. The van der Waals surface area contributed by atoms with E-state index in [-0.39, 0.29) is 0 Å². The molecule has 0 radical (unpaired) electrons. The molecule has 0 spiro atoms. The summed E-state index contributed by atoms with van der Waals surface area (Å²) in [6.45, 7) is -0.440. The van der Waals surface area contributed by atoms with Gasteiger partial charge in [-0.05, 0) is 0 Å². The van der Waals surface area contributed by atoms with Crippen LogP contribution in [0.3, 0.4) is 0 Å². The van der Waals surface area contributed by atoms with Crippen molar-refractivity contribution in [1.82, 2.24) is 0 Å². The van der Waals surface area contributed by atoms with Gasteiger partial charge in [0.05, 0.1) is 6.61 Å². The summed E-state index contributed by atoms with van der Waals surface area (Å²) in [4.78, 5) is 0. The van der Waals surface area contributed by atoms with E-state index >= 15 is 0 Å². The molecular formula is C7H14O6. The monoisotopic (exact) mass is 194 g/mol. The van der Waals surface area contributed by atoms with Gasteiger partial charge in [-0.25, -0.2) is 0 Å². The molecule has 6 heteroatoms. The molecule has 6 nitrogen and oxygen atoms in total. The predicted octanol–water partition coefficient (Wildman–Crippen LogP) is -2.57. The quantitative estimate of drug-likeness (QED) is 0.386. The Kier molecular flexibility index (Phi) is 3.60. The molecule has 0 aromatic rings. The van der Waals surface area contributed by atoms with Crippen molar-refractivity contribution in [2.75, 3.05) is 13.7 Å². The third-order valence-electron chi connectivity index (χ3n) is 2.11. The number of aliphatic hydroxyl groups excluding tert-OH is 4. The average molecular weight is 194 g/mol. The van der Waals surface area contributed by atoms with Crippen molar-refractivity contribution in [3.63, 3.8) is 0 Å². The van der Waals surface area contributed by atoms with E-state index in [0.717, 1.165) is 0 Å². The van der Waals surface area contributed by atoms with Crippen molar-refractivity contribution in [2.24, 2.45) is 0 Å². The Bertz CT molecular complexity index is 163. The second-order valence-electron chi connectivity index (χ2n) is 2.93. The highest BCUT2D eigenvalue weighted by atomic mass is 16.6. The maximum absolute atomic E-state index is 9.44. The van der Waals surface area contributed by atoms with Crippen LogP contribution in [0.4, 0.5) is 0 Å². The fraction of sp³-hybridized carbons (Fsp3) is 1.00. The maximum Gasteiger partial charge on any atom is 0.184 e. The average Bonchev–Trinajstić information content (AvgIpc) is 2.12. The molecule has 1 fully saturated rings. The lowest BCUT2D eigenvalue weighted by molar-refractivity contribution is -0.290. The van der Waals surface area contributed by atoms with Crippen molar-refractivity contribution < 1.29 is 29.9 Å². The summed E-state index contributed by atoms with van der Waals surface area (Å²) >= 11 is 0. The van der Waals surface area contributed by atoms with E-state index in [1.165, 1.54) is 7.11 Å². The van der Waals surface area contributed by atoms with E-state index in [0.29, 0.717) is 0 Å². The second kappa shape index (κ2) is 4.32. The van der Waals surface area contributed by atoms with Crippen LogP contribution in [0.25, 0.3) is 0 Å². The Labute approximate surface area is 75.3 Å². The standard InChI is InChI=1S/C7H14O6/c1-12-6-4(9)3(2-8)13-7(11)5(6)10/h3-11H,2H2,1H3/t3?,4-,5?,6?,7?/m1/s1. The molecule has 4 unspecified atom stereocenters. The highest BCUT2D eigenvalue weighted by molar-refractivity contribution is 4.89. The Morgan fingerprint density at radius 3 is 2.31 bits per heavy atom. The molecule has 1 heterocycles. The number of methoxy groups -OCH3 is 1. The summed E-state index contributed by atoms with van der Waals surface area (Å²) in [6.07, 6.45) is -5.76. The van der Waals surface area contributed by atoms with Gasteiger partial charge in [0.2, 0.25) is 0 Å². The van der Waals surface area contributed by atoms with E-state index in [2.05, 4.69) is 0 Å². The molecule has 0 bridgehead atoms. The molecule has 1 saturated heterocycles. The smallest absolute Gasteiger partial charge is 0.184 e. The SMILES string of the molecule is COC1C(O)C(O)OC(CO)[C@H]1O. The van der Waals surface area contributed by atoms with E-state index in [1.807, 2.05) is 0 Å². The number of hydrogen-bond donors (Lipinski definition) is 4. The first-order valence-electron chi connectivity index (χ1n) is 3.95. The topological polar surface area (TPSA) is 99.4 Å². The molecule has 78 valence electrons. The Balaban J connectivity index is 2.69. The van der Waals surface area contributed by atoms with Crippen molar-refractivity contribution in [3.05, 3.63) is 0 Å². The molecule has 1 aliphatic rings. The Hall–Kier alpha value is -0.240. The molecule has 0 aromatic heterocycles. The van der Waals surface area contributed by atoms with Crippen molar-refractivity contribution in [2.45, 2.75) is 30.7 Å². The summed E-state index contributed by atoms with van der Waals surface area (Å²) in [5, 5.41) is 36.6. The molecular weight excluding hydrogens is 180 g/mol. The molecule has 0 saturated carbocycles. The summed E-state index contributed by atoms with van der Waals surface area (Å²) in [5.74, 6) is 0. The van der Waals surface area contributed by atoms with Gasteiger partial charge in [-0.15, -0.1) is 0 Å². The van der Waals surface area contributed by atoms with Crippen LogP contribution in [0, 0.1) is 0 Å². The van der Waals surface area contributed by atoms with Gasteiger partial charge in [0.25, 0.3) is 0 Å².